The van der Waals surface area contributed by atoms with E-state index in [1.807, 2.05) is 31.3 Å². The summed E-state index contributed by atoms with van der Waals surface area (Å²) in [6.07, 6.45) is 2.78. The minimum Gasteiger partial charge on any atom is -0.491 e. The molecule has 1 aromatic heterocycles. The molecule has 1 aromatic carbocycles. The van der Waals surface area contributed by atoms with Crippen molar-refractivity contribution in [2.24, 2.45) is 0 Å². The number of ether oxygens (including phenoxy) is 2. The topological polar surface area (TPSA) is 47.5 Å². The van der Waals surface area contributed by atoms with E-state index in [-0.39, 0.29) is 5.60 Å². The first-order valence-electron chi connectivity index (χ1n) is 8.34. The van der Waals surface area contributed by atoms with Gasteiger partial charge in [-0.15, -0.1) is 0 Å². The molecular weight excluding hydrogens is 302 g/mol. The molecule has 0 saturated carbocycles. The van der Waals surface area contributed by atoms with Gasteiger partial charge in [0.15, 0.2) is 0 Å². The van der Waals surface area contributed by atoms with E-state index in [9.17, 15) is 0 Å². The monoisotopic (exact) mass is 327 g/mol. The summed E-state index contributed by atoms with van der Waals surface area (Å²) in [6.45, 7) is 7.19. The zero-order valence-corrected chi connectivity index (χ0v) is 14.7. The molecule has 1 aliphatic rings. The predicted molar refractivity (Wildman–Crippen MR) is 93.1 cm³/mol. The van der Waals surface area contributed by atoms with Crippen LogP contribution in [-0.2, 0) is 11.3 Å². The molecule has 0 amide bonds. The van der Waals surface area contributed by atoms with Crippen molar-refractivity contribution in [3.63, 3.8) is 0 Å². The highest BCUT2D eigenvalue weighted by molar-refractivity contribution is 5.27. The molecule has 128 valence electrons. The molecule has 1 unspecified atom stereocenters. The normalized spacial score (nSPS) is 21.1. The fourth-order valence-corrected chi connectivity index (χ4v) is 3.15. The highest BCUT2D eigenvalue weighted by Crippen LogP contribution is 2.27. The highest BCUT2D eigenvalue weighted by atomic mass is 16.5. The zero-order valence-electron chi connectivity index (χ0n) is 14.7. The summed E-state index contributed by atoms with van der Waals surface area (Å²) < 4.78 is 11.8. The van der Waals surface area contributed by atoms with Crippen molar-refractivity contribution in [3.8, 4) is 5.75 Å². The lowest BCUT2D eigenvalue weighted by molar-refractivity contribution is -0.0360. The highest BCUT2D eigenvalue weighted by Gasteiger charge is 2.39. The number of aromatic nitrogens is 2. The Kier molecular flexibility index (Phi) is 5.11. The second-order valence-electron chi connectivity index (χ2n) is 6.55. The maximum absolute atomic E-state index is 6.01. The lowest BCUT2D eigenvalue weighted by Gasteiger charge is -2.28. The first-order valence-corrected chi connectivity index (χ1v) is 8.34. The van der Waals surface area contributed by atoms with E-state index in [0.717, 1.165) is 43.3 Å². The largest absolute Gasteiger partial charge is 0.491 e. The molecule has 0 bridgehead atoms. The lowest BCUT2D eigenvalue weighted by Crippen LogP contribution is -2.41. The minimum atomic E-state index is -0.258. The SMILES string of the molecule is COC1(COc2cccc(C)c2)CCN(Cc2ccnc(C)n2)C1. The van der Waals surface area contributed by atoms with E-state index in [0.29, 0.717) is 6.61 Å². The maximum atomic E-state index is 6.01. The molecule has 2 heterocycles. The van der Waals surface area contributed by atoms with Crippen LogP contribution in [0.15, 0.2) is 36.5 Å². The van der Waals surface area contributed by atoms with E-state index in [1.165, 1.54) is 5.56 Å². The number of hydrogen-bond donors (Lipinski definition) is 0. The van der Waals surface area contributed by atoms with Crippen molar-refractivity contribution in [1.29, 1.82) is 0 Å². The summed E-state index contributed by atoms with van der Waals surface area (Å²) in [5, 5.41) is 0. The third-order valence-corrected chi connectivity index (χ3v) is 4.54. The van der Waals surface area contributed by atoms with E-state index >= 15 is 0 Å². The molecule has 5 heteroatoms. The van der Waals surface area contributed by atoms with Gasteiger partial charge < -0.3 is 9.47 Å². The Labute approximate surface area is 143 Å². The van der Waals surface area contributed by atoms with Gasteiger partial charge in [-0.05, 0) is 44.0 Å². The molecule has 24 heavy (non-hydrogen) atoms. The van der Waals surface area contributed by atoms with Gasteiger partial charge in [-0.2, -0.15) is 0 Å². The minimum absolute atomic E-state index is 0.258. The van der Waals surface area contributed by atoms with Crippen molar-refractivity contribution in [3.05, 3.63) is 53.6 Å². The van der Waals surface area contributed by atoms with Crippen LogP contribution in [0.4, 0.5) is 0 Å². The molecule has 2 aromatic rings. The maximum Gasteiger partial charge on any atom is 0.125 e. The lowest BCUT2D eigenvalue weighted by atomic mass is 10.0. The molecule has 0 spiro atoms. The van der Waals surface area contributed by atoms with Gasteiger partial charge in [0.25, 0.3) is 0 Å². The molecule has 0 N–H and O–H groups in total. The van der Waals surface area contributed by atoms with Crippen LogP contribution in [0.3, 0.4) is 0 Å². The number of hydrogen-bond acceptors (Lipinski definition) is 5. The summed E-state index contributed by atoms with van der Waals surface area (Å²) in [4.78, 5) is 11.0. The average Bonchev–Trinajstić information content (AvgIpc) is 2.97. The van der Waals surface area contributed by atoms with Crippen molar-refractivity contribution < 1.29 is 9.47 Å². The van der Waals surface area contributed by atoms with Gasteiger partial charge in [0.2, 0.25) is 0 Å². The molecule has 0 aliphatic carbocycles. The van der Waals surface area contributed by atoms with E-state index < -0.39 is 0 Å². The fraction of sp³-hybridized carbons (Fsp3) is 0.474. The first-order chi connectivity index (χ1) is 11.6. The summed E-state index contributed by atoms with van der Waals surface area (Å²) in [5.41, 5.74) is 1.99. The van der Waals surface area contributed by atoms with E-state index in [4.69, 9.17) is 9.47 Å². The number of likely N-dealkylation sites (tertiary alicyclic amines) is 1. The average molecular weight is 327 g/mol. The van der Waals surface area contributed by atoms with Crippen LogP contribution in [0.2, 0.25) is 0 Å². The smallest absolute Gasteiger partial charge is 0.125 e. The molecule has 1 fully saturated rings. The van der Waals surface area contributed by atoms with Crippen LogP contribution < -0.4 is 4.74 Å². The van der Waals surface area contributed by atoms with E-state index in [1.54, 1.807) is 7.11 Å². The van der Waals surface area contributed by atoms with Gasteiger partial charge in [0.1, 0.15) is 23.8 Å². The van der Waals surface area contributed by atoms with Crippen molar-refractivity contribution in [1.82, 2.24) is 14.9 Å². The Morgan fingerprint density at radius 3 is 2.88 bits per heavy atom. The Morgan fingerprint density at radius 2 is 2.12 bits per heavy atom. The van der Waals surface area contributed by atoms with Crippen LogP contribution in [0.5, 0.6) is 5.75 Å². The molecule has 1 aliphatic heterocycles. The Bertz CT molecular complexity index is 692. The number of benzene rings is 1. The molecule has 3 rings (SSSR count). The quantitative estimate of drug-likeness (QED) is 0.816. The number of aryl methyl sites for hydroxylation is 2. The standard InChI is InChI=1S/C19H25N3O2/c1-15-5-4-6-18(11-15)24-14-19(23-3)8-10-22(13-19)12-17-7-9-20-16(2)21-17/h4-7,9,11H,8,10,12-14H2,1-3H3. The van der Waals surface area contributed by atoms with Gasteiger partial charge in [-0.25, -0.2) is 9.97 Å². The summed E-state index contributed by atoms with van der Waals surface area (Å²) in [5.74, 6) is 1.71. The summed E-state index contributed by atoms with van der Waals surface area (Å²) in [7, 11) is 1.78. The van der Waals surface area contributed by atoms with Gasteiger partial charge >= 0.3 is 0 Å². The Balaban J connectivity index is 1.60. The van der Waals surface area contributed by atoms with Crippen LogP contribution in [0.25, 0.3) is 0 Å². The predicted octanol–water partition coefficient (Wildman–Crippen LogP) is 2.76. The number of rotatable bonds is 6. The third-order valence-electron chi connectivity index (χ3n) is 4.54. The third kappa shape index (κ3) is 4.10. The van der Waals surface area contributed by atoms with Crippen LogP contribution >= 0.6 is 0 Å². The summed E-state index contributed by atoms with van der Waals surface area (Å²) >= 11 is 0. The van der Waals surface area contributed by atoms with Crippen molar-refractivity contribution >= 4 is 0 Å². The first kappa shape index (κ1) is 16.9. The zero-order chi connectivity index (χ0) is 17.0. The van der Waals surface area contributed by atoms with Gasteiger partial charge in [-0.3, -0.25) is 4.90 Å². The van der Waals surface area contributed by atoms with Gasteiger partial charge in [-0.1, -0.05) is 12.1 Å². The van der Waals surface area contributed by atoms with E-state index in [2.05, 4.69) is 33.9 Å². The second kappa shape index (κ2) is 7.28. The van der Waals surface area contributed by atoms with Crippen LogP contribution in [-0.4, -0.2) is 47.3 Å². The van der Waals surface area contributed by atoms with Crippen molar-refractivity contribution in [2.75, 3.05) is 26.8 Å². The number of methoxy groups -OCH3 is 1. The molecule has 5 nitrogen and oxygen atoms in total. The Hall–Kier alpha value is -1.98. The molecule has 0 radical (unpaired) electrons. The second-order valence-corrected chi connectivity index (χ2v) is 6.55. The molecular formula is C19H25N3O2. The number of nitrogens with zero attached hydrogens (tertiary/aromatic N) is 3. The van der Waals surface area contributed by atoms with Crippen LogP contribution in [0.1, 0.15) is 23.5 Å². The van der Waals surface area contributed by atoms with Gasteiger partial charge in [0, 0.05) is 32.9 Å². The fourth-order valence-electron chi connectivity index (χ4n) is 3.15. The molecule has 1 atom stereocenters. The van der Waals surface area contributed by atoms with Crippen LogP contribution in [0, 0.1) is 13.8 Å². The Morgan fingerprint density at radius 1 is 1.25 bits per heavy atom. The van der Waals surface area contributed by atoms with Crippen molar-refractivity contribution in [2.45, 2.75) is 32.4 Å². The molecule has 1 saturated heterocycles. The van der Waals surface area contributed by atoms with Gasteiger partial charge in [0.05, 0.1) is 5.69 Å². The summed E-state index contributed by atoms with van der Waals surface area (Å²) in [6, 6.07) is 10.1.